The fourth-order valence-corrected chi connectivity index (χ4v) is 4.00. The van der Waals surface area contributed by atoms with Crippen LogP contribution in [0.4, 0.5) is 10.2 Å². The van der Waals surface area contributed by atoms with Crippen LogP contribution in [-0.2, 0) is 0 Å². The van der Waals surface area contributed by atoms with Gasteiger partial charge in [0.05, 0.1) is 25.0 Å². The molecule has 0 bridgehead atoms. The summed E-state index contributed by atoms with van der Waals surface area (Å²) in [5.74, 6) is 1.94. The van der Waals surface area contributed by atoms with Crippen molar-refractivity contribution in [1.82, 2.24) is 24.9 Å². The summed E-state index contributed by atoms with van der Waals surface area (Å²) in [6.45, 7) is 4.98. The van der Waals surface area contributed by atoms with Crippen LogP contribution in [0.2, 0.25) is 0 Å². The molecule has 4 heterocycles. The molecule has 2 atom stereocenters. The molecular formula is C21H25FN6O. The Balaban J connectivity index is 1.59. The van der Waals surface area contributed by atoms with Gasteiger partial charge in [-0.2, -0.15) is 5.10 Å². The van der Waals surface area contributed by atoms with E-state index >= 15 is 0 Å². The zero-order valence-electron chi connectivity index (χ0n) is 16.9. The maximum absolute atomic E-state index is 14.1. The SMILES string of the molecule is COc1cc2ncc(-c3nc(N[C@H]4CNC[C@@H]4F)c(C)cc3C)n2nc1C1CC1. The minimum Gasteiger partial charge on any atom is -0.495 e. The summed E-state index contributed by atoms with van der Waals surface area (Å²) in [5, 5.41) is 11.2. The number of fused-ring (bicyclic) bond motifs is 1. The Hall–Kier alpha value is -2.74. The highest BCUT2D eigenvalue weighted by atomic mass is 19.1. The number of nitrogens with zero attached hydrogens (tertiary/aromatic N) is 4. The fraction of sp³-hybridized carbons (Fsp3) is 0.476. The van der Waals surface area contributed by atoms with Crippen molar-refractivity contribution in [2.24, 2.45) is 0 Å². The smallest absolute Gasteiger partial charge is 0.157 e. The number of halogens is 1. The van der Waals surface area contributed by atoms with Crippen molar-refractivity contribution in [2.75, 3.05) is 25.5 Å². The Morgan fingerprint density at radius 3 is 2.72 bits per heavy atom. The number of ether oxygens (including phenoxy) is 1. The molecule has 7 nitrogen and oxygen atoms in total. The van der Waals surface area contributed by atoms with E-state index in [-0.39, 0.29) is 6.04 Å². The summed E-state index contributed by atoms with van der Waals surface area (Å²) < 4.78 is 21.5. The van der Waals surface area contributed by atoms with Gasteiger partial charge in [-0.3, -0.25) is 0 Å². The van der Waals surface area contributed by atoms with Crippen LogP contribution in [0, 0.1) is 13.8 Å². The number of anilines is 1. The number of methoxy groups -OCH3 is 1. The zero-order chi connectivity index (χ0) is 20.1. The lowest BCUT2D eigenvalue weighted by Crippen LogP contribution is -2.30. The first kappa shape index (κ1) is 18.3. The van der Waals surface area contributed by atoms with Crippen molar-refractivity contribution >= 4 is 11.5 Å². The number of aryl methyl sites for hydroxylation is 2. The van der Waals surface area contributed by atoms with Crippen molar-refractivity contribution in [2.45, 2.75) is 44.8 Å². The number of rotatable bonds is 5. The van der Waals surface area contributed by atoms with Gasteiger partial charge in [0.2, 0.25) is 0 Å². The molecule has 2 aliphatic rings. The summed E-state index contributed by atoms with van der Waals surface area (Å²) in [4.78, 5) is 9.38. The minimum atomic E-state index is -0.924. The summed E-state index contributed by atoms with van der Waals surface area (Å²) in [5.41, 5.74) is 5.34. The van der Waals surface area contributed by atoms with Gasteiger partial charge < -0.3 is 15.4 Å². The Kier molecular flexibility index (Phi) is 4.38. The number of hydrogen-bond acceptors (Lipinski definition) is 6. The van der Waals surface area contributed by atoms with Crippen LogP contribution in [0.25, 0.3) is 17.0 Å². The van der Waals surface area contributed by atoms with Gasteiger partial charge in [0.15, 0.2) is 5.65 Å². The highest BCUT2D eigenvalue weighted by Gasteiger charge is 2.30. The Bertz CT molecular complexity index is 1080. The molecular weight excluding hydrogens is 371 g/mol. The lowest BCUT2D eigenvalue weighted by molar-refractivity contribution is 0.342. The summed E-state index contributed by atoms with van der Waals surface area (Å²) >= 11 is 0. The van der Waals surface area contributed by atoms with Crippen LogP contribution < -0.4 is 15.4 Å². The average Bonchev–Trinajstić information content (AvgIpc) is 3.36. The van der Waals surface area contributed by atoms with Gasteiger partial charge in [0.1, 0.15) is 29.1 Å². The number of pyridine rings is 1. The Labute approximate surface area is 168 Å². The van der Waals surface area contributed by atoms with E-state index in [4.69, 9.17) is 14.8 Å². The highest BCUT2D eigenvalue weighted by Crippen LogP contribution is 2.43. The summed E-state index contributed by atoms with van der Waals surface area (Å²) in [6, 6.07) is 3.73. The van der Waals surface area contributed by atoms with E-state index in [1.54, 1.807) is 13.3 Å². The molecule has 0 amide bonds. The van der Waals surface area contributed by atoms with Gasteiger partial charge in [-0.1, -0.05) is 6.07 Å². The average molecular weight is 396 g/mol. The first-order valence-electron chi connectivity index (χ1n) is 10.1. The van der Waals surface area contributed by atoms with Crippen molar-refractivity contribution in [1.29, 1.82) is 0 Å². The first-order chi connectivity index (χ1) is 14.0. The van der Waals surface area contributed by atoms with Gasteiger partial charge in [-0.05, 0) is 37.8 Å². The third kappa shape index (κ3) is 3.21. The fourth-order valence-electron chi connectivity index (χ4n) is 4.00. The number of imidazole rings is 1. The number of aromatic nitrogens is 4. The molecule has 1 aliphatic heterocycles. The van der Waals surface area contributed by atoms with Gasteiger partial charge >= 0.3 is 0 Å². The molecule has 5 rings (SSSR count). The van der Waals surface area contributed by atoms with E-state index in [1.807, 2.05) is 24.4 Å². The van der Waals surface area contributed by atoms with Gasteiger partial charge in [-0.15, -0.1) is 0 Å². The van der Waals surface area contributed by atoms with Crippen molar-refractivity contribution in [3.8, 4) is 17.1 Å². The molecule has 3 aromatic heterocycles. The number of nitrogens with one attached hydrogen (secondary N) is 2. The molecule has 1 aliphatic carbocycles. The molecule has 0 spiro atoms. The van der Waals surface area contributed by atoms with Crippen LogP contribution in [-0.4, -0.2) is 52.0 Å². The predicted octanol–water partition coefficient (Wildman–Crippen LogP) is 3.02. The van der Waals surface area contributed by atoms with Gasteiger partial charge in [0, 0.05) is 25.1 Å². The second kappa shape index (κ2) is 6.95. The molecule has 1 saturated heterocycles. The Morgan fingerprint density at radius 1 is 1.21 bits per heavy atom. The third-order valence-corrected chi connectivity index (χ3v) is 5.78. The van der Waals surface area contributed by atoms with Crippen LogP contribution >= 0.6 is 0 Å². The van der Waals surface area contributed by atoms with E-state index in [9.17, 15) is 4.39 Å². The monoisotopic (exact) mass is 396 g/mol. The molecule has 0 unspecified atom stereocenters. The highest BCUT2D eigenvalue weighted by molar-refractivity contribution is 5.67. The van der Waals surface area contributed by atoms with Crippen LogP contribution in [0.3, 0.4) is 0 Å². The lowest BCUT2D eigenvalue weighted by Gasteiger charge is -2.18. The molecule has 3 aromatic rings. The van der Waals surface area contributed by atoms with Crippen molar-refractivity contribution in [3.05, 3.63) is 35.2 Å². The van der Waals surface area contributed by atoms with E-state index in [0.717, 1.165) is 52.4 Å². The third-order valence-electron chi connectivity index (χ3n) is 5.78. The van der Waals surface area contributed by atoms with Gasteiger partial charge in [0.25, 0.3) is 0 Å². The van der Waals surface area contributed by atoms with E-state index in [2.05, 4.69) is 21.7 Å². The quantitative estimate of drug-likeness (QED) is 0.691. The zero-order valence-corrected chi connectivity index (χ0v) is 16.9. The predicted molar refractivity (Wildman–Crippen MR) is 109 cm³/mol. The first-order valence-corrected chi connectivity index (χ1v) is 10.1. The standard InChI is InChI=1S/C21H25FN6O/c1-11-6-12(2)21(25-15-9-23-8-14(15)22)26-19(11)16-10-24-18-7-17(29-3)20(13-4-5-13)27-28(16)18/h6-7,10,13-15,23H,4-5,8-9H2,1-3H3,(H,25,26)/t14-,15-/m0/s1. The summed E-state index contributed by atoms with van der Waals surface area (Å²) in [7, 11) is 1.67. The second-order valence-electron chi connectivity index (χ2n) is 8.03. The van der Waals surface area contributed by atoms with Crippen LogP contribution in [0.5, 0.6) is 5.75 Å². The normalized spacial score (nSPS) is 21.7. The summed E-state index contributed by atoms with van der Waals surface area (Å²) in [6.07, 6.45) is 3.14. The van der Waals surface area contributed by atoms with E-state index < -0.39 is 6.17 Å². The lowest BCUT2D eigenvalue weighted by atomic mass is 10.1. The minimum absolute atomic E-state index is 0.275. The molecule has 152 valence electrons. The maximum Gasteiger partial charge on any atom is 0.157 e. The van der Waals surface area contributed by atoms with Crippen molar-refractivity contribution in [3.63, 3.8) is 0 Å². The molecule has 0 radical (unpaired) electrons. The number of hydrogen-bond donors (Lipinski definition) is 2. The molecule has 2 fully saturated rings. The van der Waals surface area contributed by atoms with Crippen LogP contribution in [0.15, 0.2) is 18.3 Å². The molecule has 1 saturated carbocycles. The van der Waals surface area contributed by atoms with E-state index in [0.29, 0.717) is 24.8 Å². The maximum atomic E-state index is 14.1. The Morgan fingerprint density at radius 2 is 2.03 bits per heavy atom. The van der Waals surface area contributed by atoms with Gasteiger partial charge in [-0.25, -0.2) is 18.9 Å². The number of alkyl halides is 1. The molecule has 29 heavy (non-hydrogen) atoms. The molecule has 2 N–H and O–H groups in total. The van der Waals surface area contributed by atoms with E-state index in [1.165, 1.54) is 0 Å². The topological polar surface area (TPSA) is 76.4 Å². The molecule has 0 aromatic carbocycles. The largest absolute Gasteiger partial charge is 0.495 e. The molecule has 8 heteroatoms. The van der Waals surface area contributed by atoms with Crippen LogP contribution in [0.1, 0.15) is 35.6 Å². The van der Waals surface area contributed by atoms with Crippen molar-refractivity contribution < 1.29 is 9.13 Å². The second-order valence-corrected chi connectivity index (χ2v) is 8.03.